The number of anilines is 1. The summed E-state index contributed by atoms with van der Waals surface area (Å²) in [6.07, 6.45) is 3.10. The molecule has 9 nitrogen and oxygen atoms in total. The lowest BCUT2D eigenvalue weighted by Crippen LogP contribution is -2.53. The molecule has 3 aromatic rings. The summed E-state index contributed by atoms with van der Waals surface area (Å²) in [5.74, 6) is -0.745. The number of carbonyl (C=O) groups excluding carboxylic acids is 3. The lowest BCUT2D eigenvalue weighted by Gasteiger charge is -2.34. The van der Waals surface area contributed by atoms with Crippen molar-refractivity contribution in [3.05, 3.63) is 66.1 Å². The molecule has 11 heteroatoms. The van der Waals surface area contributed by atoms with Gasteiger partial charge in [-0.1, -0.05) is 50.0 Å². The van der Waals surface area contributed by atoms with E-state index in [-0.39, 0.29) is 44.3 Å². The lowest BCUT2D eigenvalue weighted by molar-refractivity contribution is -0.133. The highest BCUT2D eigenvalue weighted by molar-refractivity contribution is 6.76. The van der Waals surface area contributed by atoms with E-state index in [1.54, 1.807) is 4.90 Å². The number of piperidine rings is 1. The second kappa shape index (κ2) is 12.7. The molecule has 1 aromatic heterocycles. The number of benzene rings is 2. The zero-order chi connectivity index (χ0) is 29.9. The van der Waals surface area contributed by atoms with Crippen LogP contribution in [-0.4, -0.2) is 73.4 Å². The molecule has 2 aromatic carbocycles. The second-order valence-corrected chi connectivity index (χ2v) is 17.8. The van der Waals surface area contributed by atoms with Crippen LogP contribution < -0.4 is 4.90 Å². The van der Waals surface area contributed by atoms with Gasteiger partial charge in [-0.05, 0) is 42.6 Å². The van der Waals surface area contributed by atoms with Crippen molar-refractivity contribution in [2.24, 2.45) is 0 Å². The number of urea groups is 1. The van der Waals surface area contributed by atoms with Crippen LogP contribution in [0.1, 0.15) is 30.9 Å². The molecule has 0 radical (unpaired) electrons. The van der Waals surface area contributed by atoms with Crippen molar-refractivity contribution in [3.63, 3.8) is 0 Å². The Hall–Kier alpha value is -3.70. The molecule has 2 aliphatic rings. The number of hydrogen-bond donors (Lipinski definition) is 0. The summed E-state index contributed by atoms with van der Waals surface area (Å²) in [6.45, 7) is 8.55. The molecule has 2 fully saturated rings. The van der Waals surface area contributed by atoms with E-state index in [1.807, 2.05) is 47.2 Å². The largest absolute Gasteiger partial charge is 0.445 e. The molecule has 0 saturated carbocycles. The summed E-state index contributed by atoms with van der Waals surface area (Å²) < 4.78 is 28.2. The third-order valence-electron chi connectivity index (χ3n) is 7.92. The molecule has 0 bridgehead atoms. The van der Waals surface area contributed by atoms with Crippen molar-refractivity contribution in [1.82, 2.24) is 14.4 Å². The first kappa shape index (κ1) is 29.8. The van der Waals surface area contributed by atoms with Crippen molar-refractivity contribution in [3.8, 4) is 0 Å². The van der Waals surface area contributed by atoms with Crippen LogP contribution in [-0.2, 0) is 20.9 Å². The minimum Gasteiger partial charge on any atom is -0.445 e. The first-order valence-corrected chi connectivity index (χ1v) is 18.3. The van der Waals surface area contributed by atoms with E-state index < -0.39 is 19.9 Å². The van der Waals surface area contributed by atoms with Gasteiger partial charge in [0, 0.05) is 58.4 Å². The van der Waals surface area contributed by atoms with Gasteiger partial charge in [0.1, 0.15) is 19.2 Å². The summed E-state index contributed by atoms with van der Waals surface area (Å²) in [6, 6.07) is 14.8. The second-order valence-electron chi connectivity index (χ2n) is 12.2. The minimum absolute atomic E-state index is 0.0604. The van der Waals surface area contributed by atoms with Crippen LogP contribution >= 0.6 is 0 Å². The van der Waals surface area contributed by atoms with Gasteiger partial charge in [-0.25, -0.2) is 18.9 Å². The van der Waals surface area contributed by atoms with Crippen LogP contribution in [0.2, 0.25) is 25.7 Å². The number of nitrogens with zero attached hydrogens (tertiary/aromatic N) is 4. The molecule has 5 rings (SSSR count). The lowest BCUT2D eigenvalue weighted by atomic mass is 10.0. The van der Waals surface area contributed by atoms with Crippen LogP contribution in [0.4, 0.5) is 19.7 Å². The van der Waals surface area contributed by atoms with E-state index in [9.17, 15) is 14.4 Å². The van der Waals surface area contributed by atoms with Crippen molar-refractivity contribution in [2.45, 2.75) is 57.6 Å². The van der Waals surface area contributed by atoms with Crippen LogP contribution in [0.5, 0.6) is 0 Å². The summed E-state index contributed by atoms with van der Waals surface area (Å²) in [4.78, 5) is 42.9. The summed E-state index contributed by atoms with van der Waals surface area (Å²) in [5.41, 5.74) is 2.06. The van der Waals surface area contributed by atoms with Crippen molar-refractivity contribution >= 4 is 42.7 Å². The first-order chi connectivity index (χ1) is 20.1. The van der Waals surface area contributed by atoms with Crippen LogP contribution in [0, 0.1) is 5.82 Å². The molecule has 2 saturated heterocycles. The Morgan fingerprint density at radius 2 is 1.76 bits per heavy atom. The highest BCUT2D eigenvalue weighted by atomic mass is 28.3. The molecule has 42 heavy (non-hydrogen) atoms. The number of aromatic nitrogens is 1. The van der Waals surface area contributed by atoms with Crippen LogP contribution in [0.25, 0.3) is 10.9 Å². The van der Waals surface area contributed by atoms with Crippen molar-refractivity contribution < 1.29 is 28.2 Å². The zero-order valence-corrected chi connectivity index (χ0v) is 25.6. The predicted octanol–water partition coefficient (Wildman–Crippen LogP) is 6.23. The molecule has 224 valence electrons. The Bertz CT molecular complexity index is 1430. The molecule has 3 heterocycles. The molecular formula is C31H39FN4O5Si. The minimum atomic E-state index is -1.31. The van der Waals surface area contributed by atoms with E-state index in [4.69, 9.17) is 9.47 Å². The summed E-state index contributed by atoms with van der Waals surface area (Å²) in [5, 5.41) is 0.739. The van der Waals surface area contributed by atoms with Gasteiger partial charge in [0.05, 0.1) is 11.2 Å². The third kappa shape index (κ3) is 6.84. The average molecular weight is 595 g/mol. The average Bonchev–Trinajstić information content (AvgIpc) is 3.39. The van der Waals surface area contributed by atoms with Gasteiger partial charge in [-0.2, -0.15) is 0 Å². The SMILES string of the molecule is C[Si](C)(C)CCOCN1C(=O)CCN(c2cc(F)cc3c2ccn3C2CCN(C(=O)OCc3ccccc3)CC2)C1=O. The monoisotopic (exact) mass is 594 g/mol. The van der Waals surface area contributed by atoms with Gasteiger partial charge in [0.2, 0.25) is 5.91 Å². The molecule has 0 N–H and O–H groups in total. The fourth-order valence-electron chi connectivity index (χ4n) is 5.46. The van der Waals surface area contributed by atoms with Gasteiger partial charge in [0.25, 0.3) is 0 Å². The molecule has 0 spiro atoms. The number of hydrogen-bond acceptors (Lipinski definition) is 5. The van der Waals surface area contributed by atoms with E-state index in [1.165, 1.54) is 17.0 Å². The highest BCUT2D eigenvalue weighted by Gasteiger charge is 2.35. The maximum atomic E-state index is 15.0. The quantitative estimate of drug-likeness (QED) is 0.217. The van der Waals surface area contributed by atoms with E-state index >= 15 is 4.39 Å². The molecule has 0 aliphatic carbocycles. The van der Waals surface area contributed by atoms with Gasteiger partial charge >= 0.3 is 12.1 Å². The Labute approximate surface area is 246 Å². The topological polar surface area (TPSA) is 84.3 Å². The van der Waals surface area contributed by atoms with Gasteiger partial charge in [-0.15, -0.1) is 0 Å². The normalized spacial score (nSPS) is 16.9. The maximum absolute atomic E-state index is 15.0. The first-order valence-electron chi connectivity index (χ1n) is 14.6. The third-order valence-corrected chi connectivity index (χ3v) is 9.63. The molecule has 4 amide bonds. The zero-order valence-electron chi connectivity index (χ0n) is 24.6. The predicted molar refractivity (Wildman–Crippen MR) is 162 cm³/mol. The number of amides is 4. The summed E-state index contributed by atoms with van der Waals surface area (Å²) in [7, 11) is -1.31. The van der Waals surface area contributed by atoms with Crippen molar-refractivity contribution in [2.75, 3.05) is 37.9 Å². The van der Waals surface area contributed by atoms with Crippen LogP contribution in [0.15, 0.2) is 54.7 Å². The number of fused-ring (bicyclic) bond motifs is 1. The van der Waals surface area contributed by atoms with Crippen LogP contribution in [0.3, 0.4) is 0 Å². The smallest absolute Gasteiger partial charge is 0.410 e. The molecule has 0 unspecified atom stereocenters. The Kier molecular flexibility index (Phi) is 8.98. The standard InChI is InChI=1S/C31H39FN4O5Si/c1-42(2,3)18-17-40-22-36-29(37)12-16-35(30(36)38)28-20-24(32)19-27-26(28)11-15-34(27)25-9-13-33(14-10-25)31(39)41-21-23-7-5-4-6-8-23/h4-8,11,15,19-20,25H,9-10,12-14,16-18,21-22H2,1-3H3. The van der Waals surface area contributed by atoms with Gasteiger partial charge in [0.15, 0.2) is 0 Å². The number of halogens is 1. The van der Waals surface area contributed by atoms with E-state index in [2.05, 4.69) is 19.6 Å². The molecular weight excluding hydrogens is 555 g/mol. The van der Waals surface area contributed by atoms with E-state index in [0.29, 0.717) is 43.7 Å². The number of imide groups is 1. The molecule has 0 atom stereocenters. The number of rotatable bonds is 9. The molecule has 2 aliphatic heterocycles. The van der Waals surface area contributed by atoms with Crippen molar-refractivity contribution in [1.29, 1.82) is 0 Å². The highest BCUT2D eigenvalue weighted by Crippen LogP contribution is 2.35. The van der Waals surface area contributed by atoms with E-state index in [0.717, 1.165) is 21.9 Å². The number of likely N-dealkylation sites (tertiary alicyclic amines) is 1. The Morgan fingerprint density at radius 3 is 2.48 bits per heavy atom. The Morgan fingerprint density at radius 1 is 1.02 bits per heavy atom. The maximum Gasteiger partial charge on any atom is 0.410 e. The van der Waals surface area contributed by atoms with Gasteiger partial charge in [-0.3, -0.25) is 9.69 Å². The number of ether oxygens (including phenoxy) is 2. The van der Waals surface area contributed by atoms with Gasteiger partial charge < -0.3 is 18.9 Å². The fourth-order valence-corrected chi connectivity index (χ4v) is 6.22. The summed E-state index contributed by atoms with van der Waals surface area (Å²) >= 11 is 0. The Balaban J connectivity index is 1.25. The number of carbonyl (C=O) groups is 3. The fraction of sp³-hybridized carbons (Fsp3) is 0.452.